The summed E-state index contributed by atoms with van der Waals surface area (Å²) in [5.74, 6) is 2.52. The third-order valence-electron chi connectivity index (χ3n) is 4.80. The van der Waals surface area contributed by atoms with Crippen molar-refractivity contribution in [2.75, 3.05) is 25.3 Å². The first-order chi connectivity index (χ1) is 14.0. The molecule has 2 aromatic carbocycles. The zero-order valence-corrected chi connectivity index (χ0v) is 18.6. The Morgan fingerprint density at radius 1 is 1.17 bits per heavy atom. The van der Waals surface area contributed by atoms with Crippen molar-refractivity contribution >= 4 is 39.4 Å². The number of halogens is 1. The molecule has 3 aromatic rings. The third-order valence-corrected chi connectivity index (χ3v) is 6.54. The molecule has 29 heavy (non-hydrogen) atoms. The minimum Gasteiger partial charge on any atom is -0.497 e. The predicted molar refractivity (Wildman–Crippen MR) is 118 cm³/mol. The van der Waals surface area contributed by atoms with Gasteiger partial charge in [0.1, 0.15) is 17.3 Å². The number of benzene rings is 2. The summed E-state index contributed by atoms with van der Waals surface area (Å²) < 4.78 is 13.6. The molecule has 1 N–H and O–H groups in total. The molecule has 1 amide bonds. The molecule has 0 spiro atoms. The number of anilines is 1. The molecule has 0 saturated heterocycles. The van der Waals surface area contributed by atoms with Gasteiger partial charge in [0.2, 0.25) is 5.91 Å². The largest absolute Gasteiger partial charge is 0.497 e. The van der Waals surface area contributed by atoms with Crippen LogP contribution in [0.3, 0.4) is 0 Å². The number of aromatic nitrogens is 2. The quantitative estimate of drug-likeness (QED) is 0.592. The number of aryl methyl sites for hydroxylation is 1. The zero-order valence-electron chi connectivity index (χ0n) is 16.2. The van der Waals surface area contributed by atoms with Gasteiger partial charge in [0.05, 0.1) is 36.6 Å². The van der Waals surface area contributed by atoms with Crippen LogP contribution in [-0.2, 0) is 4.79 Å². The van der Waals surface area contributed by atoms with Gasteiger partial charge in [-0.1, -0.05) is 15.9 Å². The van der Waals surface area contributed by atoms with Gasteiger partial charge in [-0.2, -0.15) is 5.10 Å². The maximum absolute atomic E-state index is 12.5. The monoisotopic (exact) mass is 473 g/mol. The predicted octanol–water partition coefficient (Wildman–Crippen LogP) is 4.74. The molecule has 150 valence electrons. The standard InChI is InChI=1S/C21H20BrN3O3S/c1-12-19-20(16-10-13(22)4-9-17(16)28-3)29-11-18(26)23-21(19)25(24-12)14-5-7-15(27-2)8-6-14/h4-10,20H,11H2,1-3H3,(H,23,26)/t20-/m0/s1. The molecule has 1 atom stereocenters. The maximum atomic E-state index is 12.5. The Balaban J connectivity index is 1.89. The van der Waals surface area contributed by atoms with Crippen molar-refractivity contribution in [1.82, 2.24) is 9.78 Å². The number of carbonyl (C=O) groups excluding carboxylic acids is 1. The van der Waals surface area contributed by atoms with Crippen LogP contribution in [0.25, 0.3) is 5.69 Å². The van der Waals surface area contributed by atoms with Gasteiger partial charge >= 0.3 is 0 Å². The van der Waals surface area contributed by atoms with Crippen LogP contribution in [0.2, 0.25) is 0 Å². The molecule has 6 nitrogen and oxygen atoms in total. The van der Waals surface area contributed by atoms with E-state index in [2.05, 4.69) is 21.2 Å². The van der Waals surface area contributed by atoms with Crippen molar-refractivity contribution in [3.63, 3.8) is 0 Å². The Morgan fingerprint density at radius 3 is 2.62 bits per heavy atom. The van der Waals surface area contributed by atoms with Crippen molar-refractivity contribution < 1.29 is 14.3 Å². The molecular formula is C21H20BrN3O3S. The first kappa shape index (κ1) is 19.8. The van der Waals surface area contributed by atoms with E-state index < -0.39 is 0 Å². The maximum Gasteiger partial charge on any atom is 0.235 e. The third kappa shape index (κ3) is 3.74. The number of rotatable bonds is 4. The van der Waals surface area contributed by atoms with Crippen LogP contribution in [0.4, 0.5) is 5.82 Å². The van der Waals surface area contributed by atoms with Crippen LogP contribution in [0.5, 0.6) is 11.5 Å². The highest BCUT2D eigenvalue weighted by molar-refractivity contribution is 9.10. The van der Waals surface area contributed by atoms with Crippen LogP contribution in [0.15, 0.2) is 46.9 Å². The van der Waals surface area contributed by atoms with Crippen molar-refractivity contribution in [3.8, 4) is 17.2 Å². The van der Waals surface area contributed by atoms with Crippen molar-refractivity contribution in [2.24, 2.45) is 0 Å². The fourth-order valence-electron chi connectivity index (χ4n) is 3.45. The molecule has 0 radical (unpaired) electrons. The number of ether oxygens (including phenoxy) is 2. The minimum absolute atomic E-state index is 0.0534. The molecule has 1 aliphatic rings. The number of methoxy groups -OCH3 is 2. The number of nitrogens with zero attached hydrogens (tertiary/aromatic N) is 2. The Morgan fingerprint density at radius 2 is 1.93 bits per heavy atom. The smallest absolute Gasteiger partial charge is 0.235 e. The average molecular weight is 474 g/mol. The van der Waals surface area contributed by atoms with E-state index in [0.717, 1.165) is 38.5 Å². The Labute approximate surface area is 181 Å². The van der Waals surface area contributed by atoms with Gasteiger partial charge < -0.3 is 14.8 Å². The summed E-state index contributed by atoms with van der Waals surface area (Å²) in [6, 6.07) is 13.5. The average Bonchev–Trinajstić information content (AvgIpc) is 2.93. The molecule has 0 aliphatic carbocycles. The summed E-state index contributed by atoms with van der Waals surface area (Å²) in [6.07, 6.45) is 0. The van der Waals surface area contributed by atoms with E-state index in [0.29, 0.717) is 11.6 Å². The number of carbonyl (C=O) groups is 1. The number of thioether (sulfide) groups is 1. The van der Waals surface area contributed by atoms with Crippen LogP contribution in [0.1, 0.15) is 22.1 Å². The summed E-state index contributed by atoms with van der Waals surface area (Å²) in [6.45, 7) is 1.97. The molecule has 1 aromatic heterocycles. The van der Waals surface area contributed by atoms with Crippen molar-refractivity contribution in [1.29, 1.82) is 0 Å². The molecule has 0 saturated carbocycles. The van der Waals surface area contributed by atoms with E-state index in [1.165, 1.54) is 0 Å². The number of hydrogen-bond acceptors (Lipinski definition) is 5. The first-order valence-electron chi connectivity index (χ1n) is 9.00. The Kier molecular flexibility index (Phi) is 5.56. The summed E-state index contributed by atoms with van der Waals surface area (Å²) in [5.41, 5.74) is 3.69. The van der Waals surface area contributed by atoms with Crippen LogP contribution in [0, 0.1) is 6.92 Å². The molecule has 0 fully saturated rings. The second-order valence-electron chi connectivity index (χ2n) is 6.58. The van der Waals surface area contributed by atoms with E-state index in [9.17, 15) is 4.79 Å². The van der Waals surface area contributed by atoms with Gasteiger partial charge in [-0.15, -0.1) is 11.8 Å². The highest BCUT2D eigenvalue weighted by Gasteiger charge is 2.32. The fourth-order valence-corrected chi connectivity index (χ4v) is 5.03. The lowest BCUT2D eigenvalue weighted by molar-refractivity contribution is -0.113. The fraction of sp³-hybridized carbons (Fsp3) is 0.238. The molecule has 0 bridgehead atoms. The second-order valence-corrected chi connectivity index (χ2v) is 8.59. The van der Waals surface area contributed by atoms with Gasteiger partial charge in [-0.25, -0.2) is 4.68 Å². The Hall–Kier alpha value is -2.45. The highest BCUT2D eigenvalue weighted by atomic mass is 79.9. The van der Waals surface area contributed by atoms with E-state index in [4.69, 9.17) is 14.6 Å². The van der Waals surface area contributed by atoms with E-state index >= 15 is 0 Å². The van der Waals surface area contributed by atoms with Gasteiger partial charge in [0.15, 0.2) is 0 Å². The lowest BCUT2D eigenvalue weighted by Gasteiger charge is -2.18. The van der Waals surface area contributed by atoms with Gasteiger partial charge in [-0.05, 0) is 49.4 Å². The number of fused-ring (bicyclic) bond motifs is 1. The molecule has 2 heterocycles. The van der Waals surface area contributed by atoms with Gasteiger partial charge in [0.25, 0.3) is 0 Å². The van der Waals surface area contributed by atoms with Gasteiger partial charge in [0, 0.05) is 15.6 Å². The number of hydrogen-bond donors (Lipinski definition) is 1. The zero-order chi connectivity index (χ0) is 20.5. The minimum atomic E-state index is -0.0941. The lowest BCUT2D eigenvalue weighted by atomic mass is 10.0. The summed E-state index contributed by atoms with van der Waals surface area (Å²) in [5, 5.41) is 7.70. The highest BCUT2D eigenvalue weighted by Crippen LogP contribution is 2.47. The second kappa shape index (κ2) is 8.12. The van der Waals surface area contributed by atoms with E-state index in [1.54, 1.807) is 30.7 Å². The number of amides is 1. The van der Waals surface area contributed by atoms with Crippen LogP contribution >= 0.6 is 27.7 Å². The molecular weight excluding hydrogens is 454 g/mol. The van der Waals surface area contributed by atoms with Crippen LogP contribution < -0.4 is 14.8 Å². The van der Waals surface area contributed by atoms with Gasteiger partial charge in [-0.3, -0.25) is 4.79 Å². The Bertz CT molecular complexity index is 1070. The number of nitrogens with one attached hydrogen (secondary N) is 1. The SMILES string of the molecule is COc1ccc(-n2nc(C)c3c2NC(=O)CS[C@H]3c2cc(Br)ccc2OC)cc1. The van der Waals surface area contributed by atoms with Crippen molar-refractivity contribution in [2.45, 2.75) is 12.2 Å². The van der Waals surface area contributed by atoms with Crippen LogP contribution in [-0.4, -0.2) is 35.7 Å². The molecule has 0 unspecified atom stereocenters. The molecule has 1 aliphatic heterocycles. The topological polar surface area (TPSA) is 65.4 Å². The summed E-state index contributed by atoms with van der Waals surface area (Å²) in [7, 11) is 3.29. The first-order valence-corrected chi connectivity index (χ1v) is 10.8. The summed E-state index contributed by atoms with van der Waals surface area (Å²) in [4.78, 5) is 12.5. The van der Waals surface area contributed by atoms with E-state index in [-0.39, 0.29) is 11.2 Å². The van der Waals surface area contributed by atoms with E-state index in [1.807, 2.05) is 49.4 Å². The molecule has 4 rings (SSSR count). The lowest BCUT2D eigenvalue weighted by Crippen LogP contribution is -2.15. The van der Waals surface area contributed by atoms with Crippen molar-refractivity contribution in [3.05, 3.63) is 63.8 Å². The molecule has 8 heteroatoms. The summed E-state index contributed by atoms with van der Waals surface area (Å²) >= 11 is 5.13. The normalized spacial score (nSPS) is 16.0.